The third kappa shape index (κ3) is 12.3. The first kappa shape index (κ1) is 30.5. The number of unbranched alkanes of at least 4 members (excludes halogenated alkanes) is 1. The lowest BCUT2D eigenvalue weighted by Crippen LogP contribution is -2.01. The molecule has 0 heterocycles. The van der Waals surface area contributed by atoms with Crippen LogP contribution in [0.4, 0.5) is 0 Å². The van der Waals surface area contributed by atoms with Gasteiger partial charge in [-0.15, -0.1) is 0 Å². The van der Waals surface area contributed by atoms with E-state index in [0.29, 0.717) is 39.6 Å². The van der Waals surface area contributed by atoms with Gasteiger partial charge >= 0.3 is 17.2 Å². The molecule has 8 heteroatoms. The Labute approximate surface area is 240 Å². The molecule has 40 heavy (non-hydrogen) atoms. The average Bonchev–Trinajstić information content (AvgIpc) is 3.02. The van der Waals surface area contributed by atoms with Crippen molar-refractivity contribution in [3.63, 3.8) is 0 Å². The molecule has 0 fully saturated rings. The molecular weight excluding hydrogens is 542 g/mol. The fraction of sp³-hybridized carbons (Fsp3) is 0.250. The molecule has 4 rings (SSSR count). The maximum Gasteiger partial charge on any atom is 0.333 e. The summed E-state index contributed by atoms with van der Waals surface area (Å²) >= 11 is 0. The maximum atomic E-state index is 6.01. The molecule has 0 aromatic heterocycles. The van der Waals surface area contributed by atoms with Crippen molar-refractivity contribution >= 4 is 17.2 Å². The van der Waals surface area contributed by atoms with E-state index in [1.807, 2.05) is 121 Å². The summed E-state index contributed by atoms with van der Waals surface area (Å²) < 4.78 is 36.0. The van der Waals surface area contributed by atoms with Crippen LogP contribution in [-0.4, -0.2) is 13.2 Å². The standard InChI is InChI=1S/C32H36O6P2/c1-5-15-29(16-6-1)25-35-39(36-26-30-17-7-2-8-18-30)33-23-13-14-24-34-40(37-27-31-19-9-3-10-20-31)38-28-32-21-11-4-12-22-32/h1-12,15-22H,13-14,23-28H2. The first-order chi connectivity index (χ1) is 19.8. The zero-order valence-electron chi connectivity index (χ0n) is 22.5. The predicted molar refractivity (Wildman–Crippen MR) is 160 cm³/mol. The summed E-state index contributed by atoms with van der Waals surface area (Å²) in [6.07, 6.45) is 1.59. The Morgan fingerprint density at radius 3 is 0.825 bits per heavy atom. The van der Waals surface area contributed by atoms with Gasteiger partial charge in [0.2, 0.25) is 0 Å². The minimum absolute atomic E-state index is 0.437. The van der Waals surface area contributed by atoms with Crippen molar-refractivity contribution < 1.29 is 27.1 Å². The van der Waals surface area contributed by atoms with Crippen molar-refractivity contribution in [3.05, 3.63) is 144 Å². The quantitative estimate of drug-likeness (QED) is 0.0817. The highest BCUT2D eigenvalue weighted by Gasteiger charge is 2.15. The van der Waals surface area contributed by atoms with Gasteiger partial charge in [0.25, 0.3) is 0 Å². The molecule has 4 aromatic rings. The molecule has 210 valence electrons. The normalized spacial score (nSPS) is 11.3. The Morgan fingerprint density at radius 1 is 0.325 bits per heavy atom. The van der Waals surface area contributed by atoms with Crippen LogP contribution >= 0.6 is 17.2 Å². The molecule has 0 N–H and O–H groups in total. The van der Waals surface area contributed by atoms with E-state index in [9.17, 15) is 0 Å². The van der Waals surface area contributed by atoms with Gasteiger partial charge in [0.05, 0.1) is 39.6 Å². The van der Waals surface area contributed by atoms with Crippen LogP contribution in [0.5, 0.6) is 0 Å². The van der Waals surface area contributed by atoms with Crippen molar-refractivity contribution in [2.24, 2.45) is 0 Å². The van der Waals surface area contributed by atoms with Gasteiger partial charge < -0.3 is 27.1 Å². The number of rotatable bonds is 19. The lowest BCUT2D eigenvalue weighted by Gasteiger charge is -2.18. The summed E-state index contributed by atoms with van der Waals surface area (Å²) in [5, 5.41) is 0. The van der Waals surface area contributed by atoms with E-state index in [-0.39, 0.29) is 0 Å². The first-order valence-electron chi connectivity index (χ1n) is 13.4. The molecule has 6 nitrogen and oxygen atoms in total. The molecule has 0 unspecified atom stereocenters. The van der Waals surface area contributed by atoms with Gasteiger partial charge in [0.1, 0.15) is 0 Å². The van der Waals surface area contributed by atoms with E-state index in [1.165, 1.54) is 0 Å². The highest BCUT2D eigenvalue weighted by molar-refractivity contribution is 7.41. The zero-order chi connectivity index (χ0) is 27.5. The van der Waals surface area contributed by atoms with E-state index in [4.69, 9.17) is 27.1 Å². The van der Waals surface area contributed by atoms with Crippen molar-refractivity contribution in [3.8, 4) is 0 Å². The molecule has 0 aliphatic heterocycles. The van der Waals surface area contributed by atoms with Gasteiger partial charge in [-0.2, -0.15) is 0 Å². The minimum Gasteiger partial charge on any atom is -0.312 e. The molecule has 0 radical (unpaired) electrons. The number of benzene rings is 4. The largest absolute Gasteiger partial charge is 0.333 e. The summed E-state index contributed by atoms with van der Waals surface area (Å²) in [5.74, 6) is 0. The van der Waals surface area contributed by atoms with E-state index < -0.39 is 17.2 Å². The van der Waals surface area contributed by atoms with Crippen molar-refractivity contribution in [2.75, 3.05) is 13.2 Å². The first-order valence-corrected chi connectivity index (χ1v) is 15.6. The van der Waals surface area contributed by atoms with Crippen LogP contribution in [0.15, 0.2) is 121 Å². The molecule has 0 atom stereocenters. The van der Waals surface area contributed by atoms with Gasteiger partial charge in [0.15, 0.2) is 0 Å². The van der Waals surface area contributed by atoms with Crippen LogP contribution in [0.3, 0.4) is 0 Å². The smallest absolute Gasteiger partial charge is 0.312 e. The summed E-state index contributed by atoms with van der Waals surface area (Å²) in [7, 11) is -2.98. The fourth-order valence-electron chi connectivity index (χ4n) is 3.51. The van der Waals surface area contributed by atoms with Gasteiger partial charge in [-0.25, -0.2) is 0 Å². The minimum atomic E-state index is -1.49. The van der Waals surface area contributed by atoms with Gasteiger partial charge in [-0.1, -0.05) is 121 Å². The number of hydrogen-bond donors (Lipinski definition) is 0. The predicted octanol–water partition coefficient (Wildman–Crippen LogP) is 9.12. The molecule has 4 aromatic carbocycles. The topological polar surface area (TPSA) is 55.4 Å². The van der Waals surface area contributed by atoms with E-state index in [1.54, 1.807) is 0 Å². The van der Waals surface area contributed by atoms with Crippen molar-refractivity contribution in [1.82, 2.24) is 0 Å². The maximum absolute atomic E-state index is 6.01. The highest BCUT2D eigenvalue weighted by Crippen LogP contribution is 2.43. The summed E-state index contributed by atoms with van der Waals surface area (Å²) in [6, 6.07) is 40.1. The van der Waals surface area contributed by atoms with Gasteiger partial charge in [-0.05, 0) is 35.1 Å². The molecule has 0 aliphatic carbocycles. The molecule has 0 aliphatic rings. The average molecular weight is 579 g/mol. The Bertz CT molecular complexity index is 987. The number of hydrogen-bond acceptors (Lipinski definition) is 6. The lowest BCUT2D eigenvalue weighted by molar-refractivity contribution is 0.135. The van der Waals surface area contributed by atoms with Crippen LogP contribution in [-0.2, 0) is 53.6 Å². The summed E-state index contributed by atoms with van der Waals surface area (Å²) in [4.78, 5) is 0. The monoisotopic (exact) mass is 578 g/mol. The molecule has 0 saturated carbocycles. The lowest BCUT2D eigenvalue weighted by atomic mass is 10.2. The van der Waals surface area contributed by atoms with Crippen LogP contribution in [0, 0.1) is 0 Å². The second kappa shape index (κ2) is 18.8. The second-order valence-corrected chi connectivity index (χ2v) is 11.3. The Kier molecular flexibility index (Phi) is 14.3. The summed E-state index contributed by atoms with van der Waals surface area (Å²) in [5.41, 5.74) is 4.31. The Morgan fingerprint density at radius 2 is 0.575 bits per heavy atom. The molecular formula is C32H36O6P2. The Balaban J connectivity index is 1.19. The van der Waals surface area contributed by atoms with Gasteiger partial charge in [-0.3, -0.25) is 0 Å². The van der Waals surface area contributed by atoms with Crippen molar-refractivity contribution in [2.45, 2.75) is 39.3 Å². The second-order valence-electron chi connectivity index (χ2n) is 8.86. The third-order valence-electron chi connectivity index (χ3n) is 5.65. The SMILES string of the molecule is c1ccc(COP(OCCCCOP(OCc2ccccc2)OCc2ccccc2)OCc2ccccc2)cc1. The van der Waals surface area contributed by atoms with Crippen LogP contribution < -0.4 is 0 Å². The van der Waals surface area contributed by atoms with Crippen LogP contribution in [0.2, 0.25) is 0 Å². The third-order valence-corrected chi connectivity index (χ3v) is 7.80. The molecule has 0 saturated heterocycles. The fourth-order valence-corrected chi connectivity index (χ4v) is 5.53. The molecule has 0 amide bonds. The van der Waals surface area contributed by atoms with E-state index in [0.717, 1.165) is 35.1 Å². The Hall–Kier alpha value is -2.50. The van der Waals surface area contributed by atoms with E-state index in [2.05, 4.69) is 0 Å². The highest BCUT2D eigenvalue weighted by atomic mass is 31.2. The molecule has 0 spiro atoms. The van der Waals surface area contributed by atoms with E-state index >= 15 is 0 Å². The molecule has 0 bridgehead atoms. The zero-order valence-corrected chi connectivity index (χ0v) is 24.3. The van der Waals surface area contributed by atoms with Gasteiger partial charge in [0, 0.05) is 0 Å². The van der Waals surface area contributed by atoms with Crippen LogP contribution in [0.1, 0.15) is 35.1 Å². The van der Waals surface area contributed by atoms with Crippen LogP contribution in [0.25, 0.3) is 0 Å². The van der Waals surface area contributed by atoms with Crippen molar-refractivity contribution in [1.29, 1.82) is 0 Å². The summed E-state index contributed by atoms with van der Waals surface area (Å²) in [6.45, 7) is 2.76.